The van der Waals surface area contributed by atoms with Gasteiger partial charge in [-0.1, -0.05) is 17.3 Å². The smallest absolute Gasteiger partial charge is 0.255 e. The van der Waals surface area contributed by atoms with Crippen molar-refractivity contribution in [1.82, 2.24) is 20.4 Å². The maximum atomic E-state index is 13.3. The third-order valence-corrected chi connectivity index (χ3v) is 5.99. The summed E-state index contributed by atoms with van der Waals surface area (Å²) in [5, 5.41) is 7.27. The van der Waals surface area contributed by atoms with E-state index in [1.807, 2.05) is 24.3 Å². The van der Waals surface area contributed by atoms with E-state index in [0.717, 1.165) is 42.8 Å². The second-order valence-electron chi connectivity index (χ2n) is 6.61. The van der Waals surface area contributed by atoms with Crippen LogP contribution in [-0.2, 0) is 5.75 Å². The molecule has 7 heteroatoms. The molecule has 2 unspecified atom stereocenters. The number of hydrogen-bond acceptors (Lipinski definition) is 6. The fourth-order valence-electron chi connectivity index (χ4n) is 3.76. The number of fused-ring (bicyclic) bond motifs is 2. The van der Waals surface area contributed by atoms with Gasteiger partial charge in [-0.25, -0.2) is 0 Å². The van der Waals surface area contributed by atoms with Crippen LogP contribution in [0.15, 0.2) is 33.7 Å². The Hall–Kier alpha value is -1.86. The van der Waals surface area contributed by atoms with Gasteiger partial charge in [0.2, 0.25) is 5.89 Å². The molecule has 0 spiro atoms. The summed E-state index contributed by atoms with van der Waals surface area (Å²) in [6.07, 6.45) is 3.26. The molecule has 2 bridgehead atoms. The van der Waals surface area contributed by atoms with Crippen LogP contribution < -0.4 is 5.32 Å². The molecule has 2 aliphatic heterocycles. The van der Waals surface area contributed by atoms with E-state index in [9.17, 15) is 4.79 Å². The molecule has 2 fully saturated rings. The zero-order chi connectivity index (χ0) is 17.2. The fraction of sp³-hybridized carbons (Fsp3) is 0.500. The quantitative estimate of drug-likeness (QED) is 0.847. The van der Waals surface area contributed by atoms with Crippen molar-refractivity contribution in [2.24, 2.45) is 0 Å². The van der Waals surface area contributed by atoms with Crippen LogP contribution in [0.2, 0.25) is 0 Å². The van der Waals surface area contributed by atoms with Gasteiger partial charge in [0.15, 0.2) is 5.82 Å². The first kappa shape index (κ1) is 16.6. The van der Waals surface area contributed by atoms with E-state index in [4.69, 9.17) is 4.52 Å². The van der Waals surface area contributed by atoms with E-state index in [2.05, 4.69) is 20.4 Å². The van der Waals surface area contributed by atoms with Crippen molar-refractivity contribution in [3.63, 3.8) is 0 Å². The summed E-state index contributed by atoms with van der Waals surface area (Å²) < 4.78 is 5.18. The number of nitrogens with one attached hydrogen (secondary N) is 1. The van der Waals surface area contributed by atoms with Gasteiger partial charge in [-0.15, -0.1) is 11.8 Å². The third-order valence-electron chi connectivity index (χ3n) is 4.93. The number of benzene rings is 1. The van der Waals surface area contributed by atoms with Crippen molar-refractivity contribution in [2.75, 3.05) is 13.1 Å². The van der Waals surface area contributed by atoms with Crippen LogP contribution in [-0.4, -0.2) is 46.1 Å². The predicted octanol–water partition coefficient (Wildman–Crippen LogP) is 2.64. The average molecular weight is 358 g/mol. The zero-order valence-corrected chi connectivity index (χ0v) is 15.1. The lowest BCUT2D eigenvalue weighted by Gasteiger charge is -2.28. The summed E-state index contributed by atoms with van der Waals surface area (Å²) in [6, 6.07) is 8.52. The molecule has 0 aliphatic carbocycles. The summed E-state index contributed by atoms with van der Waals surface area (Å²) in [5.74, 6) is 1.94. The van der Waals surface area contributed by atoms with Crippen molar-refractivity contribution in [3.8, 4) is 0 Å². The Balaban J connectivity index is 1.54. The van der Waals surface area contributed by atoms with Crippen LogP contribution in [0.4, 0.5) is 0 Å². The van der Waals surface area contributed by atoms with Crippen LogP contribution in [0.25, 0.3) is 0 Å². The van der Waals surface area contributed by atoms with Crippen molar-refractivity contribution in [3.05, 3.63) is 41.5 Å². The van der Waals surface area contributed by atoms with Crippen LogP contribution in [0.1, 0.15) is 41.3 Å². The standard InChI is InChI=1S/C18H22N4O2S/c1-12-20-17(24-21-12)11-25-16-5-3-2-4-15(16)18(23)22-13-6-7-14(22)10-19-9-8-13/h2-5,13-14,19H,6-11H2,1H3. The third kappa shape index (κ3) is 3.43. The largest absolute Gasteiger partial charge is 0.338 e. The predicted molar refractivity (Wildman–Crippen MR) is 95.5 cm³/mol. The first-order chi connectivity index (χ1) is 12.2. The zero-order valence-electron chi connectivity index (χ0n) is 14.3. The normalized spacial score (nSPS) is 22.8. The minimum absolute atomic E-state index is 0.154. The molecule has 3 heterocycles. The Labute approximate surface area is 151 Å². The van der Waals surface area contributed by atoms with Gasteiger partial charge in [0.25, 0.3) is 5.91 Å². The molecule has 1 aromatic carbocycles. The number of nitrogens with zero attached hydrogens (tertiary/aromatic N) is 3. The number of rotatable bonds is 4. The minimum Gasteiger partial charge on any atom is -0.338 e. The number of carbonyl (C=O) groups excluding carboxylic acids is 1. The maximum absolute atomic E-state index is 13.3. The molecule has 2 saturated heterocycles. The summed E-state index contributed by atoms with van der Waals surface area (Å²) in [7, 11) is 0. The Morgan fingerprint density at radius 1 is 1.32 bits per heavy atom. The molecule has 2 atom stereocenters. The Kier molecular flexibility index (Phi) is 4.76. The lowest BCUT2D eigenvalue weighted by atomic mass is 10.1. The van der Waals surface area contributed by atoms with E-state index in [1.165, 1.54) is 0 Å². The highest BCUT2D eigenvalue weighted by Crippen LogP contribution is 2.33. The molecule has 2 aliphatic rings. The number of amides is 1. The van der Waals surface area contributed by atoms with Gasteiger partial charge < -0.3 is 14.7 Å². The van der Waals surface area contributed by atoms with Gasteiger partial charge in [-0.05, 0) is 44.9 Å². The van der Waals surface area contributed by atoms with Gasteiger partial charge in [-0.2, -0.15) is 4.98 Å². The monoisotopic (exact) mass is 358 g/mol. The molecule has 1 aromatic heterocycles. The van der Waals surface area contributed by atoms with Crippen LogP contribution in [0.5, 0.6) is 0 Å². The second kappa shape index (κ2) is 7.17. The first-order valence-corrected chi connectivity index (χ1v) is 9.75. The van der Waals surface area contributed by atoms with Gasteiger partial charge in [-0.3, -0.25) is 4.79 Å². The number of aromatic nitrogens is 2. The molecule has 132 valence electrons. The number of hydrogen-bond donors (Lipinski definition) is 1. The van der Waals surface area contributed by atoms with Crippen molar-refractivity contribution >= 4 is 17.7 Å². The highest BCUT2D eigenvalue weighted by atomic mass is 32.2. The summed E-state index contributed by atoms with van der Waals surface area (Å²) in [6.45, 7) is 3.70. The molecule has 6 nitrogen and oxygen atoms in total. The van der Waals surface area contributed by atoms with Gasteiger partial charge in [0, 0.05) is 23.5 Å². The Bertz CT molecular complexity index is 749. The Morgan fingerprint density at radius 3 is 3.00 bits per heavy atom. The molecule has 2 aromatic rings. The van der Waals surface area contributed by atoms with E-state index in [0.29, 0.717) is 29.6 Å². The Morgan fingerprint density at radius 2 is 2.16 bits per heavy atom. The molecule has 1 N–H and O–H groups in total. The molecule has 0 radical (unpaired) electrons. The average Bonchev–Trinajstić information content (AvgIpc) is 3.14. The van der Waals surface area contributed by atoms with Gasteiger partial charge in [0.05, 0.1) is 11.3 Å². The van der Waals surface area contributed by atoms with Crippen LogP contribution >= 0.6 is 11.8 Å². The molecular weight excluding hydrogens is 336 g/mol. The number of aryl methyl sites for hydroxylation is 1. The van der Waals surface area contributed by atoms with Crippen molar-refractivity contribution in [2.45, 2.75) is 48.9 Å². The lowest BCUT2D eigenvalue weighted by molar-refractivity contribution is 0.0676. The highest BCUT2D eigenvalue weighted by Gasteiger charge is 2.38. The first-order valence-electron chi connectivity index (χ1n) is 8.77. The molecule has 1 amide bonds. The molecule has 4 rings (SSSR count). The van der Waals surface area contributed by atoms with E-state index in [-0.39, 0.29) is 5.91 Å². The molecule has 0 saturated carbocycles. The second-order valence-corrected chi connectivity index (χ2v) is 7.63. The van der Waals surface area contributed by atoms with Crippen molar-refractivity contribution < 1.29 is 9.32 Å². The maximum Gasteiger partial charge on any atom is 0.255 e. The van der Waals surface area contributed by atoms with E-state index in [1.54, 1.807) is 18.7 Å². The van der Waals surface area contributed by atoms with Gasteiger partial charge >= 0.3 is 0 Å². The minimum atomic E-state index is 0.154. The number of carbonyl (C=O) groups is 1. The topological polar surface area (TPSA) is 71.3 Å². The lowest BCUT2D eigenvalue weighted by Crippen LogP contribution is -2.42. The summed E-state index contributed by atoms with van der Waals surface area (Å²) in [5.41, 5.74) is 0.780. The SMILES string of the molecule is Cc1noc(CSc2ccccc2C(=O)N2C3CCNCC2CC3)n1. The van der Waals surface area contributed by atoms with Crippen molar-refractivity contribution in [1.29, 1.82) is 0 Å². The van der Waals surface area contributed by atoms with Crippen LogP contribution in [0.3, 0.4) is 0 Å². The molecule has 25 heavy (non-hydrogen) atoms. The van der Waals surface area contributed by atoms with Crippen LogP contribution in [0, 0.1) is 6.92 Å². The summed E-state index contributed by atoms with van der Waals surface area (Å²) >= 11 is 1.57. The van der Waals surface area contributed by atoms with E-state index < -0.39 is 0 Å². The highest BCUT2D eigenvalue weighted by molar-refractivity contribution is 7.98. The number of thioether (sulfide) groups is 1. The fourth-order valence-corrected chi connectivity index (χ4v) is 4.64. The summed E-state index contributed by atoms with van der Waals surface area (Å²) in [4.78, 5) is 20.6. The van der Waals surface area contributed by atoms with Gasteiger partial charge in [0.1, 0.15) is 0 Å². The van der Waals surface area contributed by atoms with E-state index >= 15 is 0 Å². The molecular formula is C18H22N4O2S.